The van der Waals surface area contributed by atoms with Gasteiger partial charge in [-0.05, 0) is 31.4 Å². The molecule has 0 bridgehead atoms. The van der Waals surface area contributed by atoms with Crippen LogP contribution in [0.15, 0.2) is 43.0 Å². The molecule has 0 aliphatic carbocycles. The summed E-state index contributed by atoms with van der Waals surface area (Å²) in [5.74, 6) is 0. The topological polar surface area (TPSA) is 36.5 Å². The van der Waals surface area contributed by atoms with E-state index in [9.17, 15) is 0 Å². The van der Waals surface area contributed by atoms with Crippen molar-refractivity contribution >= 4 is 0 Å². The lowest BCUT2D eigenvalue weighted by Gasteiger charge is -2.18. The van der Waals surface area contributed by atoms with Gasteiger partial charge in [-0.1, -0.05) is 115 Å². The van der Waals surface area contributed by atoms with Gasteiger partial charge in [0.15, 0.2) is 0 Å². The number of aromatic nitrogens is 2. The fraction of sp³-hybridized carbons (Fsp3) is 0.735. The number of aryl methyl sites for hydroxylation is 1. The highest BCUT2D eigenvalue weighted by Gasteiger charge is 2.12. The second-order valence-electron chi connectivity index (χ2n) is 10.9. The second kappa shape index (κ2) is 23.1. The quantitative estimate of drug-likeness (QED) is 0.0885. The normalized spacial score (nSPS) is 12.3. The smallest absolute Gasteiger partial charge is 0.244 e. The highest BCUT2D eigenvalue weighted by atomic mass is 16.6. The van der Waals surface area contributed by atoms with Crippen molar-refractivity contribution in [2.45, 2.75) is 136 Å². The summed E-state index contributed by atoms with van der Waals surface area (Å²) in [7, 11) is 0. The van der Waals surface area contributed by atoms with E-state index in [4.69, 9.17) is 14.2 Å². The zero-order valence-corrected chi connectivity index (χ0v) is 25.6. The molecule has 0 aliphatic rings. The minimum absolute atomic E-state index is 0.0123. The second-order valence-corrected chi connectivity index (χ2v) is 10.9. The highest BCUT2D eigenvalue weighted by Crippen LogP contribution is 2.14. The molecule has 2 rings (SSSR count). The SMILES string of the molecule is CCCCCCCCCCCCCCCCOCC(COCc1ccccc1Cn1cc[n+](CC)c1)OCC. The van der Waals surface area contributed by atoms with Crippen LogP contribution in [0.3, 0.4) is 0 Å². The summed E-state index contributed by atoms with van der Waals surface area (Å²) in [5, 5.41) is 0. The Kier molecular flexibility index (Phi) is 19.8. The van der Waals surface area contributed by atoms with Crippen molar-refractivity contribution in [3.63, 3.8) is 0 Å². The first kappa shape index (κ1) is 33.5. The van der Waals surface area contributed by atoms with E-state index in [-0.39, 0.29) is 6.10 Å². The van der Waals surface area contributed by atoms with Gasteiger partial charge in [0.1, 0.15) is 25.0 Å². The van der Waals surface area contributed by atoms with Gasteiger partial charge in [0.25, 0.3) is 0 Å². The van der Waals surface area contributed by atoms with Crippen LogP contribution in [0.5, 0.6) is 0 Å². The van der Waals surface area contributed by atoms with E-state index in [0.29, 0.717) is 26.4 Å². The summed E-state index contributed by atoms with van der Waals surface area (Å²) in [6.07, 6.45) is 25.7. The molecule has 0 amide bonds. The van der Waals surface area contributed by atoms with E-state index in [1.807, 2.05) is 6.92 Å². The molecule has 222 valence electrons. The molecule has 2 aromatic rings. The van der Waals surface area contributed by atoms with Gasteiger partial charge >= 0.3 is 0 Å². The van der Waals surface area contributed by atoms with Crippen LogP contribution in [-0.2, 0) is 33.9 Å². The van der Waals surface area contributed by atoms with Gasteiger partial charge in [0.05, 0.1) is 26.4 Å². The Labute approximate surface area is 240 Å². The van der Waals surface area contributed by atoms with Gasteiger partial charge < -0.3 is 14.2 Å². The van der Waals surface area contributed by atoms with Gasteiger partial charge in [-0.25, -0.2) is 9.13 Å². The van der Waals surface area contributed by atoms with Crippen LogP contribution in [0.1, 0.15) is 122 Å². The molecule has 0 radical (unpaired) electrons. The number of hydrogen-bond acceptors (Lipinski definition) is 3. The first-order chi connectivity index (χ1) is 19.3. The largest absolute Gasteiger partial charge is 0.379 e. The number of rotatable bonds is 26. The van der Waals surface area contributed by atoms with E-state index in [2.05, 4.69) is 66.0 Å². The lowest BCUT2D eigenvalue weighted by atomic mass is 10.0. The molecule has 0 saturated heterocycles. The number of unbranched alkanes of at least 4 members (excludes halogenated alkanes) is 13. The predicted octanol–water partition coefficient (Wildman–Crippen LogP) is 8.26. The highest BCUT2D eigenvalue weighted by molar-refractivity contribution is 5.26. The van der Waals surface area contributed by atoms with Crippen molar-refractivity contribution in [2.75, 3.05) is 26.4 Å². The summed E-state index contributed by atoms with van der Waals surface area (Å²) in [6.45, 7) is 11.6. The molecule has 39 heavy (non-hydrogen) atoms. The predicted molar refractivity (Wildman–Crippen MR) is 162 cm³/mol. The lowest BCUT2D eigenvalue weighted by molar-refractivity contribution is -0.693. The van der Waals surface area contributed by atoms with E-state index in [1.54, 1.807) is 0 Å². The van der Waals surface area contributed by atoms with Crippen molar-refractivity contribution < 1.29 is 18.8 Å². The van der Waals surface area contributed by atoms with Crippen LogP contribution in [0.4, 0.5) is 0 Å². The monoisotopic (exact) mass is 543 g/mol. The van der Waals surface area contributed by atoms with Gasteiger partial charge in [0, 0.05) is 13.2 Å². The van der Waals surface area contributed by atoms with E-state index < -0.39 is 0 Å². The third-order valence-electron chi connectivity index (χ3n) is 7.49. The standard InChI is InChI=1S/C34H59N2O3/c1-4-7-8-9-10-11-12-13-14-15-16-17-18-21-26-37-29-34(39-6-3)30-38-28-33-23-20-19-22-32(33)27-36-25-24-35(5-2)31-36/h19-20,22-25,31,34H,4-18,21,26-30H2,1-3H3/q+1. The third kappa shape index (κ3) is 16.2. The summed E-state index contributed by atoms with van der Waals surface area (Å²) in [6, 6.07) is 8.54. The Hall–Kier alpha value is -1.69. The summed E-state index contributed by atoms with van der Waals surface area (Å²) >= 11 is 0. The Morgan fingerprint density at radius 1 is 0.718 bits per heavy atom. The maximum atomic E-state index is 6.10. The van der Waals surface area contributed by atoms with Crippen molar-refractivity contribution in [2.24, 2.45) is 0 Å². The maximum Gasteiger partial charge on any atom is 0.244 e. The minimum atomic E-state index is -0.0123. The number of nitrogens with zero attached hydrogens (tertiary/aromatic N) is 2. The van der Waals surface area contributed by atoms with Crippen LogP contribution in [0.25, 0.3) is 0 Å². The van der Waals surface area contributed by atoms with Gasteiger partial charge in [-0.3, -0.25) is 0 Å². The molecular formula is C34H59N2O3+. The lowest BCUT2D eigenvalue weighted by Crippen LogP contribution is -2.29. The molecule has 5 nitrogen and oxygen atoms in total. The minimum Gasteiger partial charge on any atom is -0.379 e. The zero-order valence-electron chi connectivity index (χ0n) is 25.6. The maximum absolute atomic E-state index is 6.10. The summed E-state index contributed by atoms with van der Waals surface area (Å²) in [5.41, 5.74) is 2.52. The van der Waals surface area contributed by atoms with Crippen LogP contribution < -0.4 is 4.57 Å². The Balaban J connectivity index is 1.50. The number of imidazole rings is 1. The van der Waals surface area contributed by atoms with E-state index >= 15 is 0 Å². The Morgan fingerprint density at radius 2 is 1.31 bits per heavy atom. The fourth-order valence-electron chi connectivity index (χ4n) is 5.06. The van der Waals surface area contributed by atoms with Crippen LogP contribution in [0, 0.1) is 0 Å². The zero-order chi connectivity index (χ0) is 27.8. The summed E-state index contributed by atoms with van der Waals surface area (Å²) < 4.78 is 22.4. The number of ether oxygens (including phenoxy) is 3. The van der Waals surface area contributed by atoms with Crippen molar-refractivity contribution in [1.29, 1.82) is 0 Å². The molecule has 1 heterocycles. The number of hydrogen-bond donors (Lipinski definition) is 0. The van der Waals surface area contributed by atoms with Crippen molar-refractivity contribution in [3.05, 3.63) is 54.1 Å². The first-order valence-corrected chi connectivity index (χ1v) is 16.1. The first-order valence-electron chi connectivity index (χ1n) is 16.1. The molecule has 0 N–H and O–H groups in total. The van der Waals surface area contributed by atoms with Gasteiger partial charge in [-0.2, -0.15) is 0 Å². The number of benzene rings is 1. The molecule has 0 spiro atoms. The van der Waals surface area contributed by atoms with Crippen molar-refractivity contribution in [3.8, 4) is 0 Å². The molecule has 0 saturated carbocycles. The average molecular weight is 544 g/mol. The molecule has 1 aromatic carbocycles. The Morgan fingerprint density at radius 3 is 1.90 bits per heavy atom. The van der Waals surface area contributed by atoms with E-state index in [1.165, 1.54) is 94.6 Å². The van der Waals surface area contributed by atoms with Crippen LogP contribution in [-0.4, -0.2) is 37.1 Å². The fourth-order valence-corrected chi connectivity index (χ4v) is 5.06. The van der Waals surface area contributed by atoms with Crippen LogP contribution in [0.2, 0.25) is 0 Å². The third-order valence-corrected chi connectivity index (χ3v) is 7.49. The molecule has 1 unspecified atom stereocenters. The molecular weight excluding hydrogens is 484 g/mol. The molecule has 1 aromatic heterocycles. The molecule has 5 heteroatoms. The van der Waals surface area contributed by atoms with Crippen molar-refractivity contribution in [1.82, 2.24) is 4.57 Å². The van der Waals surface area contributed by atoms with Crippen LogP contribution >= 0.6 is 0 Å². The molecule has 1 atom stereocenters. The molecule has 0 aliphatic heterocycles. The van der Waals surface area contributed by atoms with Gasteiger partial charge in [0.2, 0.25) is 6.33 Å². The van der Waals surface area contributed by atoms with Gasteiger partial charge in [-0.15, -0.1) is 0 Å². The summed E-state index contributed by atoms with van der Waals surface area (Å²) in [4.78, 5) is 0. The van der Waals surface area contributed by atoms with E-state index in [0.717, 1.165) is 26.1 Å². The molecule has 0 fully saturated rings. The Bertz CT molecular complexity index is 822. The average Bonchev–Trinajstić information content (AvgIpc) is 3.41.